The maximum atomic E-state index is 4.20. The van der Waals surface area contributed by atoms with Crippen LogP contribution in [0.1, 0.15) is 32.8 Å². The van der Waals surface area contributed by atoms with Gasteiger partial charge in [0.15, 0.2) is 0 Å². The van der Waals surface area contributed by atoms with E-state index in [1.165, 1.54) is 12.0 Å². The summed E-state index contributed by atoms with van der Waals surface area (Å²) >= 11 is 0. The predicted molar refractivity (Wildman–Crippen MR) is 75.4 cm³/mol. The number of piperazine rings is 1. The lowest BCUT2D eigenvalue weighted by atomic mass is 10.00. The number of pyridine rings is 1. The molecule has 0 spiro atoms. The number of hydrogen-bond acceptors (Lipinski definition) is 3. The Hall–Kier alpha value is -0.930. The molecule has 1 saturated heterocycles. The number of nitrogens with zero attached hydrogens (tertiary/aromatic N) is 2. The topological polar surface area (TPSA) is 28.2 Å². The van der Waals surface area contributed by atoms with E-state index >= 15 is 0 Å². The van der Waals surface area contributed by atoms with Gasteiger partial charge in [-0.15, -0.1) is 0 Å². The molecule has 3 heteroatoms. The van der Waals surface area contributed by atoms with Gasteiger partial charge >= 0.3 is 0 Å². The van der Waals surface area contributed by atoms with Crippen LogP contribution in [-0.2, 0) is 6.54 Å². The van der Waals surface area contributed by atoms with Crippen LogP contribution in [0.2, 0.25) is 0 Å². The Kier molecular flexibility index (Phi) is 4.72. The number of rotatable bonds is 4. The van der Waals surface area contributed by atoms with E-state index in [0.717, 1.165) is 25.6 Å². The molecule has 1 aromatic heterocycles. The smallest absolute Gasteiger partial charge is 0.0312 e. The molecule has 1 N–H and O–H groups in total. The van der Waals surface area contributed by atoms with Gasteiger partial charge in [-0.2, -0.15) is 0 Å². The molecule has 3 nitrogen and oxygen atoms in total. The average Bonchev–Trinajstić information content (AvgIpc) is 2.34. The normalized spacial score (nSPS) is 25.6. The maximum absolute atomic E-state index is 4.20. The fourth-order valence-electron chi connectivity index (χ4n) is 2.67. The molecule has 2 heterocycles. The van der Waals surface area contributed by atoms with Crippen molar-refractivity contribution in [1.82, 2.24) is 15.2 Å². The summed E-state index contributed by atoms with van der Waals surface area (Å²) in [5.41, 5.74) is 1.31. The SMILES string of the molecule is CC(C)CC1CN(Cc2cccnc2)C(C)CN1. The molecule has 0 radical (unpaired) electrons. The van der Waals surface area contributed by atoms with E-state index in [9.17, 15) is 0 Å². The van der Waals surface area contributed by atoms with Crippen molar-refractivity contribution in [3.05, 3.63) is 30.1 Å². The van der Waals surface area contributed by atoms with Gasteiger partial charge in [0, 0.05) is 44.1 Å². The van der Waals surface area contributed by atoms with Crippen LogP contribution in [-0.4, -0.2) is 35.1 Å². The van der Waals surface area contributed by atoms with Gasteiger partial charge in [0.25, 0.3) is 0 Å². The molecule has 100 valence electrons. The number of nitrogens with one attached hydrogen (secondary N) is 1. The van der Waals surface area contributed by atoms with Gasteiger partial charge in [-0.1, -0.05) is 19.9 Å². The fourth-order valence-corrected chi connectivity index (χ4v) is 2.67. The van der Waals surface area contributed by atoms with Crippen LogP contribution in [0, 0.1) is 5.92 Å². The van der Waals surface area contributed by atoms with Crippen molar-refractivity contribution in [2.75, 3.05) is 13.1 Å². The first-order valence-electron chi connectivity index (χ1n) is 7.01. The summed E-state index contributed by atoms with van der Waals surface area (Å²) in [6.45, 7) is 10.2. The molecular formula is C15H25N3. The minimum Gasteiger partial charge on any atom is -0.311 e. The molecule has 1 aliphatic heterocycles. The number of hydrogen-bond donors (Lipinski definition) is 1. The molecule has 18 heavy (non-hydrogen) atoms. The van der Waals surface area contributed by atoms with Gasteiger partial charge in [-0.05, 0) is 30.9 Å². The molecule has 1 aliphatic rings. The van der Waals surface area contributed by atoms with Crippen LogP contribution < -0.4 is 5.32 Å². The van der Waals surface area contributed by atoms with Gasteiger partial charge in [0.1, 0.15) is 0 Å². The zero-order chi connectivity index (χ0) is 13.0. The zero-order valence-corrected chi connectivity index (χ0v) is 11.8. The molecule has 1 fully saturated rings. The Morgan fingerprint density at radius 1 is 1.50 bits per heavy atom. The highest BCUT2D eigenvalue weighted by Gasteiger charge is 2.25. The van der Waals surface area contributed by atoms with E-state index in [-0.39, 0.29) is 0 Å². The predicted octanol–water partition coefficient (Wildman–Crippen LogP) is 2.29. The highest BCUT2D eigenvalue weighted by molar-refractivity contribution is 5.08. The Bertz CT molecular complexity index is 350. The summed E-state index contributed by atoms with van der Waals surface area (Å²) in [7, 11) is 0. The van der Waals surface area contributed by atoms with Crippen LogP contribution in [0.15, 0.2) is 24.5 Å². The molecular weight excluding hydrogens is 222 g/mol. The van der Waals surface area contributed by atoms with Crippen molar-refractivity contribution in [2.45, 2.75) is 45.8 Å². The molecule has 0 bridgehead atoms. The molecule has 2 rings (SSSR count). The van der Waals surface area contributed by atoms with Crippen molar-refractivity contribution in [3.8, 4) is 0 Å². The van der Waals surface area contributed by atoms with Crippen LogP contribution in [0.25, 0.3) is 0 Å². The summed E-state index contributed by atoms with van der Waals surface area (Å²) in [6.07, 6.45) is 5.08. The average molecular weight is 247 g/mol. The minimum atomic E-state index is 0.605. The van der Waals surface area contributed by atoms with Gasteiger partial charge < -0.3 is 5.32 Å². The van der Waals surface area contributed by atoms with Gasteiger partial charge in [-0.3, -0.25) is 9.88 Å². The van der Waals surface area contributed by atoms with Crippen molar-refractivity contribution >= 4 is 0 Å². The molecule has 1 aromatic rings. The maximum Gasteiger partial charge on any atom is 0.0312 e. The molecule has 0 amide bonds. The van der Waals surface area contributed by atoms with Gasteiger partial charge in [0.2, 0.25) is 0 Å². The van der Waals surface area contributed by atoms with Crippen molar-refractivity contribution < 1.29 is 0 Å². The lowest BCUT2D eigenvalue weighted by Gasteiger charge is -2.39. The van der Waals surface area contributed by atoms with E-state index in [2.05, 4.69) is 42.0 Å². The van der Waals surface area contributed by atoms with Crippen LogP contribution >= 0.6 is 0 Å². The lowest BCUT2D eigenvalue weighted by Crippen LogP contribution is -2.55. The van der Waals surface area contributed by atoms with Crippen LogP contribution in [0.5, 0.6) is 0 Å². The summed E-state index contributed by atoms with van der Waals surface area (Å²) in [5.74, 6) is 0.760. The van der Waals surface area contributed by atoms with E-state index in [4.69, 9.17) is 0 Å². The fraction of sp³-hybridized carbons (Fsp3) is 0.667. The van der Waals surface area contributed by atoms with Crippen LogP contribution in [0.3, 0.4) is 0 Å². The molecule has 0 saturated carbocycles. The third-order valence-electron chi connectivity index (χ3n) is 3.64. The molecule has 0 aromatic carbocycles. The summed E-state index contributed by atoms with van der Waals surface area (Å²) < 4.78 is 0. The first kappa shape index (κ1) is 13.5. The summed E-state index contributed by atoms with van der Waals surface area (Å²) in [4.78, 5) is 6.77. The Labute approximate surface area is 111 Å². The summed E-state index contributed by atoms with van der Waals surface area (Å²) in [5, 5.41) is 3.66. The monoisotopic (exact) mass is 247 g/mol. The summed E-state index contributed by atoms with van der Waals surface area (Å²) in [6, 6.07) is 5.43. The Balaban J connectivity index is 1.93. The van der Waals surface area contributed by atoms with Gasteiger partial charge in [-0.25, -0.2) is 0 Å². The van der Waals surface area contributed by atoms with Crippen molar-refractivity contribution in [3.63, 3.8) is 0 Å². The molecule has 2 atom stereocenters. The van der Waals surface area contributed by atoms with Crippen molar-refractivity contribution in [2.24, 2.45) is 5.92 Å². The Morgan fingerprint density at radius 2 is 2.33 bits per heavy atom. The van der Waals surface area contributed by atoms with E-state index < -0.39 is 0 Å². The molecule has 0 aliphatic carbocycles. The quantitative estimate of drug-likeness (QED) is 0.885. The Morgan fingerprint density at radius 3 is 3.00 bits per heavy atom. The highest BCUT2D eigenvalue weighted by Crippen LogP contribution is 2.15. The second kappa shape index (κ2) is 6.30. The first-order chi connectivity index (χ1) is 8.65. The van der Waals surface area contributed by atoms with E-state index in [1.54, 1.807) is 0 Å². The zero-order valence-electron chi connectivity index (χ0n) is 11.8. The number of aromatic nitrogens is 1. The first-order valence-corrected chi connectivity index (χ1v) is 7.01. The third-order valence-corrected chi connectivity index (χ3v) is 3.64. The van der Waals surface area contributed by atoms with Crippen LogP contribution in [0.4, 0.5) is 0 Å². The molecule has 2 unspecified atom stereocenters. The highest BCUT2D eigenvalue weighted by atomic mass is 15.2. The standard InChI is InChI=1S/C15H25N3/c1-12(2)7-15-11-18(13(3)8-17-15)10-14-5-4-6-16-9-14/h4-6,9,12-13,15,17H,7-8,10-11H2,1-3H3. The minimum absolute atomic E-state index is 0.605. The largest absolute Gasteiger partial charge is 0.311 e. The van der Waals surface area contributed by atoms with Gasteiger partial charge in [0.05, 0.1) is 0 Å². The lowest BCUT2D eigenvalue weighted by molar-refractivity contribution is 0.124. The van der Waals surface area contributed by atoms with Crippen molar-refractivity contribution in [1.29, 1.82) is 0 Å². The third kappa shape index (κ3) is 3.79. The van der Waals surface area contributed by atoms with E-state index in [1.807, 2.05) is 18.5 Å². The second-order valence-electron chi connectivity index (χ2n) is 5.87. The van der Waals surface area contributed by atoms with E-state index in [0.29, 0.717) is 12.1 Å². The second-order valence-corrected chi connectivity index (χ2v) is 5.87.